The van der Waals surface area contributed by atoms with Crippen molar-refractivity contribution in [2.45, 2.75) is 77.7 Å². The highest BCUT2D eigenvalue weighted by molar-refractivity contribution is 5.85. The zero-order chi connectivity index (χ0) is 19.1. The first kappa shape index (κ1) is 25.6. The van der Waals surface area contributed by atoms with Gasteiger partial charge in [-0.2, -0.15) is 0 Å². The molecule has 1 aromatic rings. The third-order valence-corrected chi connectivity index (χ3v) is 5.98. The van der Waals surface area contributed by atoms with Gasteiger partial charge in [-0.25, -0.2) is 0 Å². The van der Waals surface area contributed by atoms with Crippen LogP contribution in [0.2, 0.25) is 0 Å². The monoisotopic (exact) mass is 430 g/mol. The maximum atomic E-state index is 11.0. The van der Waals surface area contributed by atoms with E-state index in [0.29, 0.717) is 11.8 Å². The highest BCUT2D eigenvalue weighted by atomic mass is 35.5. The average Bonchev–Trinajstić information content (AvgIpc) is 3.36. The van der Waals surface area contributed by atoms with Crippen LogP contribution in [-0.2, 0) is 10.8 Å². The number of hydrogen-bond donors (Lipinski definition) is 2. The second-order valence-corrected chi connectivity index (χ2v) is 10.4. The van der Waals surface area contributed by atoms with Gasteiger partial charge in [0.15, 0.2) is 0 Å². The van der Waals surface area contributed by atoms with E-state index in [1.807, 2.05) is 0 Å². The molecule has 1 atom stereocenters. The van der Waals surface area contributed by atoms with Gasteiger partial charge >= 0.3 is 0 Å². The summed E-state index contributed by atoms with van der Waals surface area (Å²) in [5.41, 5.74) is 3.47. The molecule has 2 aliphatic rings. The van der Waals surface area contributed by atoms with E-state index in [4.69, 9.17) is 0 Å². The Labute approximate surface area is 184 Å². The summed E-state index contributed by atoms with van der Waals surface area (Å²) in [5, 5.41) is 14.5. The standard InChI is InChI=1S/C23H38N2O.2ClH/c1-22(2,3)18-14-17(15-19(21(18)26)23(4,5)6)20(13-16-7-8-16)25-11-9-24-10-12-25;;/h14-16,20,24,26H,7-13H2,1-6H3;2*1H/t20-;;/m1../s1. The van der Waals surface area contributed by atoms with Gasteiger partial charge in [0.25, 0.3) is 0 Å². The molecule has 1 aromatic carbocycles. The fraction of sp³-hybridized carbons (Fsp3) is 0.739. The van der Waals surface area contributed by atoms with Crippen LogP contribution in [-0.4, -0.2) is 36.2 Å². The van der Waals surface area contributed by atoms with Crippen LogP contribution in [0.4, 0.5) is 0 Å². The summed E-state index contributed by atoms with van der Waals surface area (Å²) >= 11 is 0. The predicted octanol–water partition coefficient (Wildman–Crippen LogP) is 5.58. The summed E-state index contributed by atoms with van der Waals surface area (Å²) in [6.45, 7) is 17.6. The van der Waals surface area contributed by atoms with E-state index in [0.717, 1.165) is 43.2 Å². The van der Waals surface area contributed by atoms with E-state index >= 15 is 0 Å². The number of nitrogens with one attached hydrogen (secondary N) is 1. The molecule has 0 unspecified atom stereocenters. The van der Waals surface area contributed by atoms with Crippen molar-refractivity contribution >= 4 is 24.8 Å². The summed E-state index contributed by atoms with van der Waals surface area (Å²) in [7, 11) is 0. The van der Waals surface area contributed by atoms with Crippen LogP contribution < -0.4 is 5.32 Å². The molecule has 0 amide bonds. The first-order valence-corrected chi connectivity index (χ1v) is 10.4. The Hall–Kier alpha value is -0.480. The summed E-state index contributed by atoms with van der Waals surface area (Å²) < 4.78 is 0. The molecule has 0 bridgehead atoms. The molecule has 162 valence electrons. The first-order valence-electron chi connectivity index (χ1n) is 10.4. The molecule has 0 aromatic heterocycles. The van der Waals surface area contributed by atoms with Crippen LogP contribution in [0.5, 0.6) is 5.75 Å². The van der Waals surface area contributed by atoms with E-state index in [9.17, 15) is 5.11 Å². The largest absolute Gasteiger partial charge is 0.507 e. The van der Waals surface area contributed by atoms with Gasteiger partial charge in [0.05, 0.1) is 0 Å². The van der Waals surface area contributed by atoms with Crippen molar-refractivity contribution in [2.24, 2.45) is 5.92 Å². The van der Waals surface area contributed by atoms with Crippen LogP contribution in [0, 0.1) is 5.92 Å². The minimum Gasteiger partial charge on any atom is -0.507 e. The predicted molar refractivity (Wildman–Crippen MR) is 125 cm³/mol. The lowest BCUT2D eigenvalue weighted by atomic mass is 9.77. The zero-order valence-electron chi connectivity index (χ0n) is 18.5. The van der Waals surface area contributed by atoms with Crippen molar-refractivity contribution < 1.29 is 5.11 Å². The molecule has 5 heteroatoms. The summed E-state index contributed by atoms with van der Waals surface area (Å²) in [4.78, 5) is 2.67. The van der Waals surface area contributed by atoms with Gasteiger partial charge in [0.2, 0.25) is 0 Å². The maximum absolute atomic E-state index is 11.0. The Balaban J connectivity index is 0.00000196. The first-order chi connectivity index (χ1) is 12.1. The van der Waals surface area contributed by atoms with E-state index in [1.165, 1.54) is 24.8 Å². The summed E-state index contributed by atoms with van der Waals surface area (Å²) in [5.74, 6) is 1.39. The molecule has 0 spiro atoms. The smallest absolute Gasteiger partial charge is 0.123 e. The van der Waals surface area contributed by atoms with Crippen LogP contribution in [0.3, 0.4) is 0 Å². The van der Waals surface area contributed by atoms with Crippen molar-refractivity contribution in [2.75, 3.05) is 26.2 Å². The van der Waals surface area contributed by atoms with Crippen molar-refractivity contribution in [1.29, 1.82) is 0 Å². The van der Waals surface area contributed by atoms with E-state index in [2.05, 4.69) is 63.9 Å². The quantitative estimate of drug-likeness (QED) is 0.654. The van der Waals surface area contributed by atoms with Gasteiger partial charge in [0.1, 0.15) is 5.75 Å². The van der Waals surface area contributed by atoms with Gasteiger partial charge < -0.3 is 10.4 Å². The van der Waals surface area contributed by atoms with Crippen LogP contribution >= 0.6 is 24.8 Å². The van der Waals surface area contributed by atoms with Gasteiger partial charge in [-0.3, -0.25) is 4.90 Å². The number of benzene rings is 1. The third-order valence-electron chi connectivity index (χ3n) is 5.98. The number of halogens is 2. The van der Waals surface area contributed by atoms with Crippen LogP contribution in [0.25, 0.3) is 0 Å². The molecule has 1 saturated heterocycles. The van der Waals surface area contributed by atoms with E-state index < -0.39 is 0 Å². The minimum atomic E-state index is -0.0618. The number of piperazine rings is 1. The number of nitrogens with zero attached hydrogens (tertiary/aromatic N) is 1. The summed E-state index contributed by atoms with van der Waals surface area (Å²) in [6, 6.07) is 5.09. The fourth-order valence-corrected chi connectivity index (χ4v) is 4.15. The third kappa shape index (κ3) is 6.01. The normalized spacial score (nSPS) is 19.5. The molecule has 1 aliphatic carbocycles. The maximum Gasteiger partial charge on any atom is 0.123 e. The van der Waals surface area contributed by atoms with Gasteiger partial charge in [-0.15, -0.1) is 24.8 Å². The molecule has 1 aliphatic heterocycles. The minimum absolute atomic E-state index is 0. The Morgan fingerprint density at radius 2 is 1.43 bits per heavy atom. The molecule has 2 N–H and O–H groups in total. The lowest BCUT2D eigenvalue weighted by molar-refractivity contribution is 0.160. The van der Waals surface area contributed by atoms with E-state index in [1.54, 1.807) is 0 Å². The molecule has 2 fully saturated rings. The lowest BCUT2D eigenvalue weighted by Gasteiger charge is -2.37. The van der Waals surface area contributed by atoms with Crippen molar-refractivity contribution in [3.63, 3.8) is 0 Å². The second-order valence-electron chi connectivity index (χ2n) is 10.4. The number of rotatable bonds is 4. The lowest BCUT2D eigenvalue weighted by Crippen LogP contribution is -2.45. The average molecular weight is 431 g/mol. The Kier molecular flexibility index (Phi) is 8.72. The van der Waals surface area contributed by atoms with Gasteiger partial charge in [0, 0.05) is 32.2 Å². The molecule has 3 nitrogen and oxygen atoms in total. The number of phenols is 1. The second kappa shape index (κ2) is 9.55. The highest BCUT2D eigenvalue weighted by Crippen LogP contribution is 2.45. The SMILES string of the molecule is CC(C)(C)c1cc([C@@H](CC2CC2)N2CCNCC2)cc(C(C)(C)C)c1O.Cl.Cl. The molecule has 1 heterocycles. The fourth-order valence-electron chi connectivity index (χ4n) is 4.15. The Bertz CT molecular complexity index is 604. The van der Waals surface area contributed by atoms with Crippen LogP contribution in [0.15, 0.2) is 12.1 Å². The van der Waals surface area contributed by atoms with Crippen molar-refractivity contribution in [3.8, 4) is 5.75 Å². The Morgan fingerprint density at radius 1 is 0.964 bits per heavy atom. The molecule has 3 rings (SSSR count). The molecule has 0 radical (unpaired) electrons. The topological polar surface area (TPSA) is 35.5 Å². The van der Waals surface area contributed by atoms with Crippen LogP contribution in [0.1, 0.15) is 83.5 Å². The number of aromatic hydroxyl groups is 1. The highest BCUT2D eigenvalue weighted by Gasteiger charge is 2.33. The van der Waals surface area contributed by atoms with Crippen molar-refractivity contribution in [3.05, 3.63) is 28.8 Å². The number of hydrogen-bond acceptors (Lipinski definition) is 3. The molecular weight excluding hydrogens is 391 g/mol. The van der Waals surface area contributed by atoms with Gasteiger partial charge in [-0.05, 0) is 52.0 Å². The molecule has 28 heavy (non-hydrogen) atoms. The number of phenolic OH excluding ortho intramolecular Hbond substituents is 1. The Morgan fingerprint density at radius 3 is 1.82 bits per heavy atom. The van der Waals surface area contributed by atoms with Crippen molar-refractivity contribution in [1.82, 2.24) is 10.2 Å². The van der Waals surface area contributed by atoms with Gasteiger partial charge in [-0.1, -0.05) is 54.4 Å². The molecular formula is C23H40Cl2N2O. The zero-order valence-corrected chi connectivity index (χ0v) is 20.1. The van der Waals surface area contributed by atoms with E-state index in [-0.39, 0.29) is 35.6 Å². The summed E-state index contributed by atoms with van der Waals surface area (Å²) in [6.07, 6.45) is 4.04. The molecule has 1 saturated carbocycles.